The first-order valence-electron chi connectivity index (χ1n) is 5.57. The lowest BCUT2D eigenvalue weighted by atomic mass is 10.2. The van der Waals surface area contributed by atoms with Gasteiger partial charge in [-0.3, -0.25) is 4.79 Å². The third-order valence-electron chi connectivity index (χ3n) is 2.48. The molecule has 0 aliphatic heterocycles. The molecule has 0 saturated carbocycles. The number of halogens is 5. The lowest BCUT2D eigenvalue weighted by Gasteiger charge is -2.08. The maximum atomic E-state index is 13.5. The molecular weight excluding hydrogens is 312 g/mol. The third-order valence-corrected chi connectivity index (χ3v) is 2.72. The monoisotopic (exact) mass is 318 g/mol. The summed E-state index contributed by atoms with van der Waals surface area (Å²) in [5, 5.41) is 2.40. The number of benzene rings is 1. The van der Waals surface area contributed by atoms with Crippen molar-refractivity contribution in [3.05, 3.63) is 58.6 Å². The Hall–Kier alpha value is -2.15. The van der Waals surface area contributed by atoms with Crippen molar-refractivity contribution in [3.63, 3.8) is 0 Å². The summed E-state index contributed by atoms with van der Waals surface area (Å²) < 4.78 is 50.5. The fraction of sp³-hybridized carbons (Fsp3) is 0.0769. The average molecular weight is 319 g/mol. The van der Waals surface area contributed by atoms with Crippen LogP contribution in [0.5, 0.6) is 0 Å². The number of alkyl halides is 3. The van der Waals surface area contributed by atoms with Gasteiger partial charge in [0.25, 0.3) is 5.91 Å². The topological polar surface area (TPSA) is 42.0 Å². The van der Waals surface area contributed by atoms with Gasteiger partial charge in [0.2, 0.25) is 0 Å². The van der Waals surface area contributed by atoms with Crippen LogP contribution in [0.15, 0.2) is 36.5 Å². The average Bonchev–Trinajstić information content (AvgIpc) is 2.41. The maximum absolute atomic E-state index is 13.5. The van der Waals surface area contributed by atoms with Gasteiger partial charge in [-0.25, -0.2) is 9.37 Å². The molecule has 1 amide bonds. The van der Waals surface area contributed by atoms with E-state index in [0.29, 0.717) is 6.07 Å². The van der Waals surface area contributed by atoms with Crippen LogP contribution >= 0.6 is 11.6 Å². The highest BCUT2D eigenvalue weighted by Gasteiger charge is 2.32. The molecule has 0 atom stereocenters. The second-order valence-corrected chi connectivity index (χ2v) is 4.44. The van der Waals surface area contributed by atoms with Gasteiger partial charge in [-0.15, -0.1) is 0 Å². The molecule has 0 radical (unpaired) electrons. The van der Waals surface area contributed by atoms with Crippen LogP contribution in [0.1, 0.15) is 16.1 Å². The van der Waals surface area contributed by atoms with Crippen molar-refractivity contribution in [1.82, 2.24) is 4.98 Å². The van der Waals surface area contributed by atoms with Crippen LogP contribution in [0.2, 0.25) is 5.02 Å². The van der Waals surface area contributed by atoms with Crippen LogP contribution in [-0.4, -0.2) is 10.9 Å². The molecular formula is C13H7ClF4N2O. The Balaban J connectivity index is 2.18. The smallest absolute Gasteiger partial charge is 0.320 e. The molecule has 0 aliphatic rings. The van der Waals surface area contributed by atoms with E-state index in [-0.39, 0.29) is 16.3 Å². The summed E-state index contributed by atoms with van der Waals surface area (Å²) in [4.78, 5) is 15.0. The van der Waals surface area contributed by atoms with E-state index < -0.39 is 23.6 Å². The molecule has 0 fully saturated rings. The lowest BCUT2D eigenvalue weighted by molar-refractivity contribution is -0.141. The highest BCUT2D eigenvalue weighted by atomic mass is 35.5. The number of pyridine rings is 1. The fourth-order valence-electron chi connectivity index (χ4n) is 1.51. The predicted octanol–water partition coefficient (Wildman–Crippen LogP) is 4.15. The van der Waals surface area contributed by atoms with Crippen LogP contribution in [0.4, 0.5) is 23.2 Å². The van der Waals surface area contributed by atoms with E-state index in [9.17, 15) is 22.4 Å². The van der Waals surface area contributed by atoms with Gasteiger partial charge in [-0.2, -0.15) is 13.2 Å². The Bertz CT molecular complexity index is 671. The number of nitrogens with one attached hydrogen (secondary N) is 1. The fourth-order valence-corrected chi connectivity index (χ4v) is 1.68. The Labute approximate surface area is 121 Å². The largest absolute Gasteiger partial charge is 0.433 e. The van der Waals surface area contributed by atoms with E-state index in [0.717, 1.165) is 24.4 Å². The van der Waals surface area contributed by atoms with Gasteiger partial charge in [0.1, 0.15) is 11.5 Å². The molecule has 1 N–H and O–H groups in total. The highest BCUT2D eigenvalue weighted by Crippen LogP contribution is 2.28. The van der Waals surface area contributed by atoms with Crippen molar-refractivity contribution in [1.29, 1.82) is 0 Å². The number of amides is 1. The van der Waals surface area contributed by atoms with Crippen molar-refractivity contribution in [2.45, 2.75) is 6.18 Å². The van der Waals surface area contributed by atoms with Gasteiger partial charge in [0.05, 0.1) is 17.4 Å². The zero-order valence-corrected chi connectivity index (χ0v) is 11.0. The van der Waals surface area contributed by atoms with E-state index in [4.69, 9.17) is 11.6 Å². The molecule has 110 valence electrons. The summed E-state index contributed by atoms with van der Waals surface area (Å²) in [6, 6.07) is 5.14. The van der Waals surface area contributed by atoms with Gasteiger partial charge in [-0.1, -0.05) is 11.6 Å². The Morgan fingerprint density at radius 2 is 1.90 bits per heavy atom. The SMILES string of the molecule is O=C(Nc1ccc(C(F)(F)F)nc1)c1cc(Cl)ccc1F. The Kier molecular flexibility index (Phi) is 4.13. The lowest BCUT2D eigenvalue weighted by Crippen LogP contribution is -2.14. The number of carbonyl (C=O) groups is 1. The summed E-state index contributed by atoms with van der Waals surface area (Å²) in [7, 11) is 0. The van der Waals surface area contributed by atoms with E-state index in [2.05, 4.69) is 10.3 Å². The minimum Gasteiger partial charge on any atom is -0.320 e. The highest BCUT2D eigenvalue weighted by molar-refractivity contribution is 6.31. The zero-order chi connectivity index (χ0) is 15.6. The zero-order valence-electron chi connectivity index (χ0n) is 10.2. The van der Waals surface area contributed by atoms with Gasteiger partial charge < -0.3 is 5.32 Å². The number of carbonyl (C=O) groups excluding carboxylic acids is 1. The second kappa shape index (κ2) is 5.69. The molecule has 3 nitrogen and oxygen atoms in total. The predicted molar refractivity (Wildman–Crippen MR) is 68.6 cm³/mol. The summed E-state index contributed by atoms with van der Waals surface area (Å²) in [5.74, 6) is -1.63. The molecule has 0 unspecified atom stereocenters. The number of hydrogen-bond acceptors (Lipinski definition) is 2. The summed E-state index contributed by atoms with van der Waals surface area (Å²) in [6.07, 6.45) is -3.73. The minimum absolute atomic E-state index is 0.00683. The number of anilines is 1. The number of nitrogens with zero attached hydrogens (tertiary/aromatic N) is 1. The van der Waals surface area contributed by atoms with Gasteiger partial charge in [-0.05, 0) is 30.3 Å². The quantitative estimate of drug-likeness (QED) is 0.845. The standard InChI is InChI=1S/C13H7ClF4N2O/c14-7-1-3-10(15)9(5-7)12(21)20-8-2-4-11(19-6-8)13(16,17)18/h1-6H,(H,20,21). The number of hydrogen-bond donors (Lipinski definition) is 1. The molecule has 0 bridgehead atoms. The molecule has 2 aromatic rings. The second-order valence-electron chi connectivity index (χ2n) is 4.01. The van der Waals surface area contributed by atoms with E-state index >= 15 is 0 Å². The summed E-state index contributed by atoms with van der Waals surface area (Å²) >= 11 is 5.65. The molecule has 2 rings (SSSR count). The van der Waals surface area contributed by atoms with Crippen molar-refractivity contribution in [3.8, 4) is 0 Å². The maximum Gasteiger partial charge on any atom is 0.433 e. The minimum atomic E-state index is -4.57. The van der Waals surface area contributed by atoms with Crippen LogP contribution in [-0.2, 0) is 6.18 Å². The van der Waals surface area contributed by atoms with E-state index in [1.807, 2.05) is 0 Å². The van der Waals surface area contributed by atoms with Gasteiger partial charge in [0, 0.05) is 5.02 Å². The van der Waals surface area contributed by atoms with Crippen LogP contribution in [0.25, 0.3) is 0 Å². The summed E-state index contributed by atoms with van der Waals surface area (Å²) in [5.41, 5.74) is -1.40. The third kappa shape index (κ3) is 3.69. The molecule has 0 spiro atoms. The van der Waals surface area contributed by atoms with E-state index in [1.165, 1.54) is 6.07 Å². The number of aromatic nitrogens is 1. The Morgan fingerprint density at radius 1 is 1.19 bits per heavy atom. The van der Waals surface area contributed by atoms with E-state index in [1.54, 1.807) is 0 Å². The van der Waals surface area contributed by atoms with Crippen LogP contribution in [0, 0.1) is 5.82 Å². The van der Waals surface area contributed by atoms with Crippen molar-refractivity contribution >= 4 is 23.2 Å². The molecule has 0 saturated heterocycles. The Morgan fingerprint density at radius 3 is 2.48 bits per heavy atom. The van der Waals surface area contributed by atoms with Crippen molar-refractivity contribution in [2.24, 2.45) is 0 Å². The normalized spacial score (nSPS) is 11.3. The van der Waals surface area contributed by atoms with Crippen LogP contribution < -0.4 is 5.32 Å². The van der Waals surface area contributed by atoms with Crippen molar-refractivity contribution < 1.29 is 22.4 Å². The molecule has 21 heavy (non-hydrogen) atoms. The first-order valence-corrected chi connectivity index (χ1v) is 5.95. The molecule has 1 aromatic carbocycles. The van der Waals surface area contributed by atoms with Crippen LogP contribution in [0.3, 0.4) is 0 Å². The molecule has 1 aromatic heterocycles. The summed E-state index contributed by atoms with van der Waals surface area (Å²) in [6.45, 7) is 0. The van der Waals surface area contributed by atoms with Crippen molar-refractivity contribution in [2.75, 3.05) is 5.32 Å². The molecule has 0 aliphatic carbocycles. The first-order chi connectivity index (χ1) is 9.77. The number of rotatable bonds is 2. The molecule has 1 heterocycles. The van der Waals surface area contributed by atoms with Gasteiger partial charge >= 0.3 is 6.18 Å². The molecule has 8 heteroatoms. The first kappa shape index (κ1) is 15.2. The van der Waals surface area contributed by atoms with Gasteiger partial charge in [0.15, 0.2) is 0 Å².